The Bertz CT molecular complexity index is 514. The maximum Gasteiger partial charge on any atom is 0.142 e. The predicted molar refractivity (Wildman–Crippen MR) is 87.9 cm³/mol. The van der Waals surface area contributed by atoms with Crippen molar-refractivity contribution >= 4 is 5.69 Å². The molecule has 1 heterocycles. The zero-order valence-corrected chi connectivity index (χ0v) is 13.6. The Morgan fingerprint density at radius 2 is 2.10 bits per heavy atom. The zero-order valence-electron chi connectivity index (χ0n) is 13.6. The number of benzene rings is 1. The van der Waals surface area contributed by atoms with Crippen LogP contribution in [0.4, 0.5) is 5.69 Å². The van der Waals surface area contributed by atoms with Crippen molar-refractivity contribution in [3.05, 3.63) is 24.3 Å². The van der Waals surface area contributed by atoms with E-state index in [4.69, 9.17) is 10.5 Å². The fourth-order valence-corrected chi connectivity index (χ4v) is 4.63. The summed E-state index contributed by atoms with van der Waals surface area (Å²) in [6.07, 6.45) is 3.46. The van der Waals surface area contributed by atoms with E-state index >= 15 is 0 Å². The highest BCUT2D eigenvalue weighted by molar-refractivity contribution is 5.61. The summed E-state index contributed by atoms with van der Waals surface area (Å²) < 4.78 is 5.93. The quantitative estimate of drug-likeness (QED) is 0.906. The van der Waals surface area contributed by atoms with Gasteiger partial charge in [0.05, 0.1) is 17.8 Å². The van der Waals surface area contributed by atoms with E-state index in [1.54, 1.807) is 0 Å². The molecule has 0 aromatic heterocycles. The van der Waals surface area contributed by atoms with Crippen molar-refractivity contribution in [2.75, 3.05) is 24.6 Å². The molecular formula is C18H28N2O. The summed E-state index contributed by atoms with van der Waals surface area (Å²) >= 11 is 0. The Balaban J connectivity index is 2.05. The summed E-state index contributed by atoms with van der Waals surface area (Å²) in [4.78, 5) is 2.56. The van der Waals surface area contributed by atoms with Crippen LogP contribution in [0.15, 0.2) is 24.3 Å². The Hall–Kier alpha value is -1.22. The Morgan fingerprint density at radius 3 is 2.76 bits per heavy atom. The molecule has 3 rings (SSSR count). The second kappa shape index (κ2) is 5.20. The molecule has 1 saturated carbocycles. The molecule has 2 N–H and O–H groups in total. The highest BCUT2D eigenvalue weighted by Crippen LogP contribution is 2.52. The van der Waals surface area contributed by atoms with Crippen LogP contribution < -0.4 is 15.4 Å². The molecule has 2 aliphatic rings. The minimum absolute atomic E-state index is 0.0628. The van der Waals surface area contributed by atoms with E-state index in [2.05, 4.69) is 49.9 Å². The summed E-state index contributed by atoms with van der Waals surface area (Å²) in [6.45, 7) is 9.67. The molecule has 1 aromatic carbocycles. The molecule has 2 atom stereocenters. The molecular weight excluding hydrogens is 260 g/mol. The van der Waals surface area contributed by atoms with Crippen LogP contribution >= 0.6 is 0 Å². The lowest BCUT2D eigenvalue weighted by Crippen LogP contribution is -2.56. The van der Waals surface area contributed by atoms with Crippen molar-refractivity contribution in [3.8, 4) is 5.75 Å². The lowest BCUT2D eigenvalue weighted by molar-refractivity contribution is 0.298. The van der Waals surface area contributed by atoms with E-state index in [0.717, 1.165) is 31.7 Å². The summed E-state index contributed by atoms with van der Waals surface area (Å²) in [5.74, 6) is 1.61. The van der Waals surface area contributed by atoms with E-state index in [0.29, 0.717) is 17.9 Å². The van der Waals surface area contributed by atoms with Crippen molar-refractivity contribution in [1.29, 1.82) is 0 Å². The highest BCUT2D eigenvalue weighted by atomic mass is 16.5. The topological polar surface area (TPSA) is 38.5 Å². The SMILES string of the molecule is CC1CC(C)(C)CC1(CN)N1CCCOc2ccccc21. The first-order chi connectivity index (χ1) is 9.98. The Morgan fingerprint density at radius 1 is 1.33 bits per heavy atom. The average Bonchev–Trinajstić information content (AvgIpc) is 2.61. The Kier molecular flexibility index (Phi) is 3.64. The predicted octanol–water partition coefficient (Wildman–Crippen LogP) is 3.43. The van der Waals surface area contributed by atoms with Crippen LogP contribution in [0.25, 0.3) is 0 Å². The van der Waals surface area contributed by atoms with Gasteiger partial charge in [0.2, 0.25) is 0 Å². The minimum atomic E-state index is 0.0628. The monoisotopic (exact) mass is 288 g/mol. The zero-order chi connectivity index (χ0) is 15.1. The maximum absolute atomic E-state index is 6.34. The van der Waals surface area contributed by atoms with Gasteiger partial charge in [0, 0.05) is 13.1 Å². The molecule has 0 amide bonds. The van der Waals surface area contributed by atoms with Gasteiger partial charge in [-0.15, -0.1) is 0 Å². The van der Waals surface area contributed by atoms with Crippen LogP contribution in [0.3, 0.4) is 0 Å². The molecule has 0 radical (unpaired) electrons. The molecule has 0 spiro atoms. The molecule has 1 aliphatic heterocycles. The van der Waals surface area contributed by atoms with Gasteiger partial charge >= 0.3 is 0 Å². The Labute approximate surface area is 128 Å². The summed E-state index contributed by atoms with van der Waals surface area (Å²) in [6, 6.07) is 8.44. The number of hydrogen-bond donors (Lipinski definition) is 1. The van der Waals surface area contributed by atoms with Crippen molar-refractivity contribution in [2.45, 2.75) is 45.6 Å². The number of ether oxygens (including phenoxy) is 1. The van der Waals surface area contributed by atoms with Crippen LogP contribution in [0.5, 0.6) is 5.75 Å². The summed E-state index contributed by atoms with van der Waals surface area (Å²) in [7, 11) is 0. The number of hydrogen-bond acceptors (Lipinski definition) is 3. The average molecular weight is 288 g/mol. The van der Waals surface area contributed by atoms with Crippen molar-refractivity contribution in [2.24, 2.45) is 17.1 Å². The number of rotatable bonds is 2. The number of anilines is 1. The molecule has 0 bridgehead atoms. The molecule has 0 saturated heterocycles. The molecule has 1 fully saturated rings. The largest absolute Gasteiger partial charge is 0.491 e. The number of nitrogens with two attached hydrogens (primary N) is 1. The summed E-state index contributed by atoms with van der Waals surface area (Å²) in [5, 5.41) is 0. The van der Waals surface area contributed by atoms with Gasteiger partial charge in [-0.2, -0.15) is 0 Å². The van der Waals surface area contributed by atoms with E-state index < -0.39 is 0 Å². The van der Waals surface area contributed by atoms with Gasteiger partial charge in [0.15, 0.2) is 0 Å². The van der Waals surface area contributed by atoms with Crippen LogP contribution in [0.1, 0.15) is 40.0 Å². The first-order valence-corrected chi connectivity index (χ1v) is 8.18. The number of nitrogens with zero attached hydrogens (tertiary/aromatic N) is 1. The van der Waals surface area contributed by atoms with Gasteiger partial charge in [-0.1, -0.05) is 32.9 Å². The molecule has 1 aromatic rings. The van der Waals surface area contributed by atoms with E-state index in [9.17, 15) is 0 Å². The van der Waals surface area contributed by atoms with Gasteiger partial charge in [-0.05, 0) is 42.7 Å². The lowest BCUT2D eigenvalue weighted by atomic mass is 9.84. The molecule has 3 heteroatoms. The van der Waals surface area contributed by atoms with E-state index in [-0.39, 0.29) is 5.54 Å². The molecule has 1 aliphatic carbocycles. The second-order valence-corrected chi connectivity index (χ2v) is 7.58. The molecule has 116 valence electrons. The van der Waals surface area contributed by atoms with Crippen LogP contribution in [0.2, 0.25) is 0 Å². The fourth-order valence-electron chi connectivity index (χ4n) is 4.63. The third kappa shape index (κ3) is 2.42. The second-order valence-electron chi connectivity index (χ2n) is 7.58. The molecule has 3 nitrogen and oxygen atoms in total. The van der Waals surface area contributed by atoms with Crippen molar-refractivity contribution in [1.82, 2.24) is 0 Å². The van der Waals surface area contributed by atoms with Crippen LogP contribution in [-0.2, 0) is 0 Å². The molecule has 21 heavy (non-hydrogen) atoms. The van der Waals surface area contributed by atoms with E-state index in [1.807, 2.05) is 0 Å². The fraction of sp³-hybridized carbons (Fsp3) is 0.667. The van der Waals surface area contributed by atoms with Gasteiger partial charge in [0.25, 0.3) is 0 Å². The third-order valence-corrected chi connectivity index (χ3v) is 5.39. The number of para-hydroxylation sites is 2. The van der Waals surface area contributed by atoms with Gasteiger partial charge in [-0.25, -0.2) is 0 Å². The maximum atomic E-state index is 6.34. The smallest absolute Gasteiger partial charge is 0.142 e. The van der Waals surface area contributed by atoms with Crippen molar-refractivity contribution in [3.63, 3.8) is 0 Å². The number of fused-ring (bicyclic) bond motifs is 1. The van der Waals surface area contributed by atoms with Gasteiger partial charge < -0.3 is 15.4 Å². The standard InChI is InChI=1S/C18H28N2O/c1-14-11-17(2,3)12-18(14,13-19)20-9-6-10-21-16-8-5-4-7-15(16)20/h4-5,7-8,14H,6,9-13,19H2,1-3H3. The lowest BCUT2D eigenvalue weighted by Gasteiger charge is -2.45. The van der Waals surface area contributed by atoms with E-state index in [1.165, 1.54) is 12.1 Å². The first-order valence-electron chi connectivity index (χ1n) is 8.18. The normalized spacial score (nSPS) is 31.4. The van der Waals surface area contributed by atoms with Crippen LogP contribution in [0, 0.1) is 11.3 Å². The van der Waals surface area contributed by atoms with Crippen LogP contribution in [-0.4, -0.2) is 25.2 Å². The highest BCUT2D eigenvalue weighted by Gasteiger charge is 2.51. The summed E-state index contributed by atoms with van der Waals surface area (Å²) in [5.41, 5.74) is 7.99. The van der Waals surface area contributed by atoms with Gasteiger partial charge in [-0.3, -0.25) is 0 Å². The minimum Gasteiger partial charge on any atom is -0.491 e. The molecule has 2 unspecified atom stereocenters. The third-order valence-electron chi connectivity index (χ3n) is 5.39. The van der Waals surface area contributed by atoms with Crippen molar-refractivity contribution < 1.29 is 4.74 Å². The first kappa shape index (κ1) is 14.7. The van der Waals surface area contributed by atoms with Gasteiger partial charge in [0.1, 0.15) is 5.75 Å².